The maximum atomic E-state index is 11.9. The maximum Gasteiger partial charge on any atom is 0.315 e. The van der Waals surface area contributed by atoms with Gasteiger partial charge in [-0.15, -0.1) is 0 Å². The van der Waals surface area contributed by atoms with E-state index in [1.54, 1.807) is 7.11 Å². The summed E-state index contributed by atoms with van der Waals surface area (Å²) in [6.45, 7) is 1.89. The van der Waals surface area contributed by atoms with Crippen molar-refractivity contribution >= 4 is 17.1 Å². The van der Waals surface area contributed by atoms with Crippen LogP contribution in [0.3, 0.4) is 0 Å². The molecule has 2 N–H and O–H groups in total. The Bertz CT molecular complexity index is 844. The van der Waals surface area contributed by atoms with Gasteiger partial charge in [0.15, 0.2) is 0 Å². The van der Waals surface area contributed by atoms with Crippen LogP contribution in [-0.2, 0) is 13.1 Å². The molecular formula is C19H22N4O2. The topological polar surface area (TPSA) is 68.2 Å². The van der Waals surface area contributed by atoms with E-state index in [0.717, 1.165) is 35.3 Å². The molecule has 1 aromatic heterocycles. The van der Waals surface area contributed by atoms with E-state index >= 15 is 0 Å². The number of amides is 2. The molecule has 0 saturated heterocycles. The first-order valence-electron chi connectivity index (χ1n) is 8.31. The summed E-state index contributed by atoms with van der Waals surface area (Å²) in [5.41, 5.74) is 3.11. The summed E-state index contributed by atoms with van der Waals surface area (Å²) in [5, 5.41) is 5.73. The van der Waals surface area contributed by atoms with Crippen molar-refractivity contribution in [1.29, 1.82) is 0 Å². The van der Waals surface area contributed by atoms with E-state index in [2.05, 4.69) is 26.3 Å². The summed E-state index contributed by atoms with van der Waals surface area (Å²) in [6.07, 6.45) is 2.68. The summed E-state index contributed by atoms with van der Waals surface area (Å²) in [4.78, 5) is 16.2. The number of urea groups is 1. The maximum absolute atomic E-state index is 11.9. The number of carbonyl (C=O) groups is 1. The van der Waals surface area contributed by atoms with Crippen LogP contribution in [0.25, 0.3) is 11.0 Å². The van der Waals surface area contributed by atoms with Crippen LogP contribution in [0.4, 0.5) is 4.79 Å². The molecule has 6 nitrogen and oxygen atoms in total. The number of benzene rings is 2. The minimum Gasteiger partial charge on any atom is -0.497 e. The highest BCUT2D eigenvalue weighted by Crippen LogP contribution is 2.12. The van der Waals surface area contributed by atoms with Gasteiger partial charge in [0.2, 0.25) is 0 Å². The summed E-state index contributed by atoms with van der Waals surface area (Å²) in [5.74, 6) is 0.785. The smallest absolute Gasteiger partial charge is 0.315 e. The van der Waals surface area contributed by atoms with Crippen LogP contribution in [0, 0.1) is 0 Å². The van der Waals surface area contributed by atoms with E-state index < -0.39 is 0 Å². The van der Waals surface area contributed by atoms with Gasteiger partial charge in [0, 0.05) is 19.6 Å². The van der Waals surface area contributed by atoms with Crippen molar-refractivity contribution in [2.24, 2.45) is 0 Å². The molecule has 0 aliphatic rings. The zero-order valence-corrected chi connectivity index (χ0v) is 14.2. The van der Waals surface area contributed by atoms with Gasteiger partial charge in [0.05, 0.1) is 24.5 Å². The van der Waals surface area contributed by atoms with E-state index in [1.165, 1.54) is 0 Å². The van der Waals surface area contributed by atoms with Crippen LogP contribution in [-0.4, -0.2) is 29.2 Å². The summed E-state index contributed by atoms with van der Waals surface area (Å²) >= 11 is 0. The number of hydrogen-bond donors (Lipinski definition) is 2. The van der Waals surface area contributed by atoms with Crippen LogP contribution < -0.4 is 15.4 Å². The van der Waals surface area contributed by atoms with Crippen molar-refractivity contribution in [2.45, 2.75) is 19.5 Å². The largest absolute Gasteiger partial charge is 0.497 e. The molecule has 2 aromatic carbocycles. The van der Waals surface area contributed by atoms with Gasteiger partial charge in [-0.3, -0.25) is 0 Å². The van der Waals surface area contributed by atoms with E-state index in [-0.39, 0.29) is 6.03 Å². The molecule has 3 aromatic rings. The third kappa shape index (κ3) is 4.50. The first-order valence-corrected chi connectivity index (χ1v) is 8.31. The second-order valence-corrected chi connectivity index (χ2v) is 5.74. The molecule has 0 bridgehead atoms. The SMILES string of the molecule is COc1cccc(CNC(=O)NCCCn2cnc3ccccc32)c1. The lowest BCUT2D eigenvalue weighted by atomic mass is 10.2. The lowest BCUT2D eigenvalue weighted by Gasteiger charge is -2.09. The zero-order chi connectivity index (χ0) is 17.5. The van der Waals surface area contributed by atoms with Crippen LogP contribution in [0.2, 0.25) is 0 Å². The molecular weight excluding hydrogens is 316 g/mol. The van der Waals surface area contributed by atoms with Gasteiger partial charge in [-0.1, -0.05) is 24.3 Å². The Morgan fingerprint density at radius 1 is 1.16 bits per heavy atom. The van der Waals surface area contributed by atoms with Gasteiger partial charge < -0.3 is 19.9 Å². The molecule has 130 valence electrons. The van der Waals surface area contributed by atoms with Gasteiger partial charge in [-0.2, -0.15) is 0 Å². The molecule has 0 aliphatic carbocycles. The van der Waals surface area contributed by atoms with Gasteiger partial charge in [-0.05, 0) is 36.2 Å². The zero-order valence-electron chi connectivity index (χ0n) is 14.2. The molecule has 6 heteroatoms. The molecule has 3 rings (SSSR count). The lowest BCUT2D eigenvalue weighted by Crippen LogP contribution is -2.35. The van der Waals surface area contributed by atoms with Gasteiger partial charge in [0.25, 0.3) is 0 Å². The second kappa shape index (κ2) is 8.19. The fourth-order valence-corrected chi connectivity index (χ4v) is 2.67. The molecule has 1 heterocycles. The Morgan fingerprint density at radius 2 is 2.04 bits per heavy atom. The van der Waals surface area contributed by atoms with Crippen molar-refractivity contribution < 1.29 is 9.53 Å². The highest BCUT2D eigenvalue weighted by Gasteiger charge is 2.03. The highest BCUT2D eigenvalue weighted by atomic mass is 16.5. The fraction of sp³-hybridized carbons (Fsp3) is 0.263. The third-order valence-electron chi connectivity index (χ3n) is 3.98. The van der Waals surface area contributed by atoms with Crippen LogP contribution in [0.1, 0.15) is 12.0 Å². The average Bonchev–Trinajstić information content (AvgIpc) is 3.07. The van der Waals surface area contributed by atoms with Gasteiger partial charge >= 0.3 is 6.03 Å². The number of carbonyl (C=O) groups excluding carboxylic acids is 1. The van der Waals surface area contributed by atoms with Gasteiger partial charge in [-0.25, -0.2) is 9.78 Å². The normalized spacial score (nSPS) is 10.6. The lowest BCUT2D eigenvalue weighted by molar-refractivity contribution is 0.240. The molecule has 0 unspecified atom stereocenters. The minimum atomic E-state index is -0.168. The van der Waals surface area contributed by atoms with E-state index in [4.69, 9.17) is 4.74 Å². The molecule has 0 saturated carbocycles. The van der Waals surface area contributed by atoms with E-state index in [9.17, 15) is 4.79 Å². The first kappa shape index (κ1) is 16.8. The summed E-state index contributed by atoms with van der Waals surface area (Å²) in [6, 6.07) is 15.5. The van der Waals surface area contributed by atoms with E-state index in [0.29, 0.717) is 13.1 Å². The van der Waals surface area contributed by atoms with Gasteiger partial charge in [0.1, 0.15) is 5.75 Å². The Hall–Kier alpha value is -3.02. The summed E-state index contributed by atoms with van der Waals surface area (Å²) in [7, 11) is 1.63. The molecule has 2 amide bonds. The fourth-order valence-electron chi connectivity index (χ4n) is 2.67. The quantitative estimate of drug-likeness (QED) is 0.651. The highest BCUT2D eigenvalue weighted by molar-refractivity contribution is 5.75. The number of ether oxygens (including phenoxy) is 1. The minimum absolute atomic E-state index is 0.168. The Labute approximate surface area is 146 Å². The van der Waals surface area contributed by atoms with Crippen LogP contribution in [0.5, 0.6) is 5.75 Å². The van der Waals surface area contributed by atoms with E-state index in [1.807, 2.05) is 48.8 Å². The number of methoxy groups -OCH3 is 1. The number of aromatic nitrogens is 2. The molecule has 0 atom stereocenters. The molecule has 25 heavy (non-hydrogen) atoms. The Balaban J connectivity index is 1.39. The predicted molar refractivity (Wildman–Crippen MR) is 97.6 cm³/mol. The monoisotopic (exact) mass is 338 g/mol. The number of rotatable bonds is 7. The number of aryl methyl sites for hydroxylation is 1. The molecule has 0 aliphatic heterocycles. The number of fused-ring (bicyclic) bond motifs is 1. The summed E-state index contributed by atoms with van der Waals surface area (Å²) < 4.78 is 7.27. The number of nitrogens with one attached hydrogen (secondary N) is 2. The average molecular weight is 338 g/mol. The van der Waals surface area contributed by atoms with Crippen LogP contribution in [0.15, 0.2) is 54.9 Å². The van der Waals surface area contributed by atoms with Crippen molar-refractivity contribution in [3.8, 4) is 5.75 Å². The van der Waals surface area contributed by atoms with Crippen molar-refractivity contribution in [2.75, 3.05) is 13.7 Å². The third-order valence-corrected chi connectivity index (χ3v) is 3.98. The number of hydrogen-bond acceptors (Lipinski definition) is 3. The standard InChI is InChI=1S/C19H22N4O2/c1-25-16-7-4-6-15(12-16)13-21-19(24)20-10-5-11-23-14-22-17-8-2-3-9-18(17)23/h2-4,6-9,12,14H,5,10-11,13H2,1H3,(H2,20,21,24). The predicted octanol–water partition coefficient (Wildman–Crippen LogP) is 2.93. The first-order chi connectivity index (χ1) is 12.3. The Kier molecular flexibility index (Phi) is 5.51. The van der Waals surface area contributed by atoms with Crippen molar-refractivity contribution in [3.63, 3.8) is 0 Å². The van der Waals surface area contributed by atoms with Crippen LogP contribution >= 0.6 is 0 Å². The Morgan fingerprint density at radius 3 is 2.92 bits per heavy atom. The number of nitrogens with zero attached hydrogens (tertiary/aromatic N) is 2. The van der Waals surface area contributed by atoms with Crippen molar-refractivity contribution in [1.82, 2.24) is 20.2 Å². The van der Waals surface area contributed by atoms with Crippen molar-refractivity contribution in [3.05, 3.63) is 60.4 Å². The molecule has 0 fully saturated rings. The molecule has 0 spiro atoms. The second-order valence-electron chi connectivity index (χ2n) is 5.74. The number of para-hydroxylation sites is 2. The number of imidazole rings is 1. The molecule has 0 radical (unpaired) electrons.